The van der Waals surface area contributed by atoms with Gasteiger partial charge in [-0.3, -0.25) is 19.3 Å². The molecule has 0 saturated heterocycles. The third kappa shape index (κ3) is 7.60. The van der Waals surface area contributed by atoms with Crippen LogP contribution in [0.3, 0.4) is 0 Å². The second-order valence-corrected chi connectivity index (χ2v) is 8.00. The maximum absolute atomic E-state index is 12.4. The molecule has 10 heteroatoms. The van der Waals surface area contributed by atoms with E-state index < -0.39 is 23.6 Å². The molecule has 180 valence electrons. The number of aliphatic carboxylic acids is 2. The zero-order valence-electron chi connectivity index (χ0n) is 19.2. The maximum atomic E-state index is 12.4. The highest BCUT2D eigenvalue weighted by atomic mass is 16.4. The summed E-state index contributed by atoms with van der Waals surface area (Å²) in [5.41, 5.74) is 1.33. The Morgan fingerprint density at radius 2 is 1.85 bits per heavy atom. The number of carboxylic acids is 2. The van der Waals surface area contributed by atoms with Crippen LogP contribution in [0.4, 0.5) is 5.69 Å². The monoisotopic (exact) mass is 461 g/mol. The normalized spacial score (nSPS) is 12.0. The van der Waals surface area contributed by atoms with E-state index in [1.807, 2.05) is 31.1 Å². The second-order valence-electron chi connectivity index (χ2n) is 8.00. The molecule has 1 heterocycles. The van der Waals surface area contributed by atoms with E-state index in [0.717, 1.165) is 5.69 Å². The van der Waals surface area contributed by atoms with Gasteiger partial charge in [0.25, 0.3) is 0 Å². The lowest BCUT2D eigenvalue weighted by Gasteiger charge is -2.25. The summed E-state index contributed by atoms with van der Waals surface area (Å²) < 4.78 is 5.28. The molecule has 0 aliphatic rings. The van der Waals surface area contributed by atoms with Gasteiger partial charge in [0.05, 0.1) is 13.0 Å². The molecule has 1 unspecified atom stereocenters. The summed E-state index contributed by atoms with van der Waals surface area (Å²) in [7, 11) is 3.75. The van der Waals surface area contributed by atoms with Crippen molar-refractivity contribution < 1.29 is 29.0 Å². The first-order valence-corrected chi connectivity index (χ1v) is 10.8. The Kier molecular flexibility index (Phi) is 9.41. The molecule has 0 fully saturated rings. The van der Waals surface area contributed by atoms with Gasteiger partial charge in [0.1, 0.15) is 11.6 Å². The number of hydrogen-bond acceptors (Lipinski definition) is 7. The van der Waals surface area contributed by atoms with Crippen molar-refractivity contribution in [1.29, 1.82) is 0 Å². The van der Waals surface area contributed by atoms with Crippen LogP contribution in [0.1, 0.15) is 31.7 Å². The molecule has 0 saturated carbocycles. The van der Waals surface area contributed by atoms with Crippen molar-refractivity contribution in [2.24, 2.45) is 0 Å². The molecule has 10 nitrogen and oxygen atoms in total. The second kappa shape index (κ2) is 12.0. The number of nitrogens with zero attached hydrogens (tertiary/aromatic N) is 2. The minimum Gasteiger partial charge on any atom is -0.480 e. The summed E-state index contributed by atoms with van der Waals surface area (Å²) in [5.74, 6) is -2.39. The molecule has 1 atom stereocenters. The van der Waals surface area contributed by atoms with Crippen molar-refractivity contribution in [3.8, 4) is 0 Å². The molecule has 0 spiro atoms. The zero-order valence-corrected chi connectivity index (χ0v) is 19.2. The summed E-state index contributed by atoms with van der Waals surface area (Å²) in [6, 6.07) is 5.88. The summed E-state index contributed by atoms with van der Waals surface area (Å²) >= 11 is 0. The summed E-state index contributed by atoms with van der Waals surface area (Å²) in [4.78, 5) is 50.1. The first-order valence-electron chi connectivity index (χ1n) is 10.8. The topological polar surface area (TPSA) is 140 Å². The highest BCUT2D eigenvalue weighted by molar-refractivity contribution is 5.88. The van der Waals surface area contributed by atoms with Gasteiger partial charge in [-0.15, -0.1) is 0 Å². The van der Waals surface area contributed by atoms with E-state index in [1.54, 1.807) is 13.0 Å². The quantitative estimate of drug-likeness (QED) is 0.299. The Bertz CT molecular complexity index is 1050. The van der Waals surface area contributed by atoms with E-state index in [0.29, 0.717) is 42.5 Å². The molecular weight excluding hydrogens is 430 g/mol. The van der Waals surface area contributed by atoms with Gasteiger partial charge in [-0.05, 0) is 43.5 Å². The Balaban J connectivity index is 1.90. The van der Waals surface area contributed by atoms with Crippen molar-refractivity contribution in [3.05, 3.63) is 40.2 Å². The predicted molar refractivity (Wildman–Crippen MR) is 124 cm³/mol. The van der Waals surface area contributed by atoms with Crippen LogP contribution in [0.15, 0.2) is 33.5 Å². The summed E-state index contributed by atoms with van der Waals surface area (Å²) in [5, 5.41) is 21.8. The fourth-order valence-corrected chi connectivity index (χ4v) is 3.65. The van der Waals surface area contributed by atoms with Crippen molar-refractivity contribution in [3.63, 3.8) is 0 Å². The van der Waals surface area contributed by atoms with Gasteiger partial charge in [0, 0.05) is 43.8 Å². The number of rotatable bonds is 13. The number of benzene rings is 1. The van der Waals surface area contributed by atoms with Crippen molar-refractivity contribution in [2.45, 2.75) is 38.6 Å². The molecule has 1 aromatic carbocycles. The third-order valence-electron chi connectivity index (χ3n) is 5.38. The van der Waals surface area contributed by atoms with Gasteiger partial charge in [-0.2, -0.15) is 0 Å². The molecule has 1 aromatic heterocycles. The van der Waals surface area contributed by atoms with Crippen LogP contribution in [0.2, 0.25) is 0 Å². The standard InChI is InChI=1S/C23H31N3O7/c1-4-26(14-21(28)29)18(23(31)32)7-5-6-10-24-20(27)11-15-12-22(30)33-19-13-16(25(2)3)8-9-17(15)19/h8-9,12-13,18H,4-7,10-11,14H2,1-3H3,(H,24,27)(H,28,29)(H,31,32). The number of anilines is 1. The average molecular weight is 462 g/mol. The molecular formula is C23H31N3O7. The highest BCUT2D eigenvalue weighted by Crippen LogP contribution is 2.23. The van der Waals surface area contributed by atoms with Gasteiger partial charge in [-0.1, -0.05) is 6.92 Å². The lowest BCUT2D eigenvalue weighted by molar-refractivity contribution is -0.146. The minimum atomic E-state index is -1.07. The van der Waals surface area contributed by atoms with Crippen LogP contribution in [0.25, 0.3) is 11.0 Å². The fourth-order valence-electron chi connectivity index (χ4n) is 3.65. The number of carboxylic acid groups (broad SMARTS) is 2. The highest BCUT2D eigenvalue weighted by Gasteiger charge is 2.25. The van der Waals surface area contributed by atoms with Crippen LogP contribution in [0.5, 0.6) is 0 Å². The van der Waals surface area contributed by atoms with Crippen molar-refractivity contribution in [2.75, 3.05) is 38.6 Å². The number of likely N-dealkylation sites (N-methyl/N-ethyl adjacent to an activating group) is 1. The number of hydrogen-bond donors (Lipinski definition) is 3. The Morgan fingerprint density at radius 1 is 1.12 bits per heavy atom. The summed E-state index contributed by atoms with van der Waals surface area (Å²) in [6.45, 7) is 2.04. The molecule has 0 aliphatic carbocycles. The predicted octanol–water partition coefficient (Wildman–Crippen LogP) is 1.55. The van der Waals surface area contributed by atoms with Crippen LogP contribution < -0.4 is 15.8 Å². The first kappa shape index (κ1) is 25.9. The molecule has 2 rings (SSSR count). The van der Waals surface area contributed by atoms with Crippen LogP contribution in [-0.4, -0.2) is 72.7 Å². The third-order valence-corrected chi connectivity index (χ3v) is 5.38. The number of fused-ring (bicyclic) bond motifs is 1. The van der Waals surface area contributed by atoms with Crippen molar-refractivity contribution in [1.82, 2.24) is 10.2 Å². The molecule has 3 N–H and O–H groups in total. The van der Waals surface area contributed by atoms with E-state index >= 15 is 0 Å². The van der Waals surface area contributed by atoms with Gasteiger partial charge in [0.15, 0.2) is 0 Å². The van der Waals surface area contributed by atoms with Crippen LogP contribution >= 0.6 is 0 Å². The Labute approximate surface area is 191 Å². The smallest absolute Gasteiger partial charge is 0.336 e. The van der Waals surface area contributed by atoms with E-state index in [4.69, 9.17) is 9.52 Å². The van der Waals surface area contributed by atoms with Gasteiger partial charge >= 0.3 is 17.6 Å². The number of unbranched alkanes of at least 4 members (excludes halogenated alkanes) is 1. The fraction of sp³-hybridized carbons (Fsp3) is 0.478. The molecule has 0 aliphatic heterocycles. The Hall–Kier alpha value is -3.40. The number of amides is 1. The lowest BCUT2D eigenvalue weighted by atomic mass is 10.1. The number of nitrogens with one attached hydrogen (secondary N) is 1. The van der Waals surface area contributed by atoms with Crippen LogP contribution in [0, 0.1) is 0 Å². The van der Waals surface area contributed by atoms with E-state index in [1.165, 1.54) is 11.0 Å². The van der Waals surface area contributed by atoms with Crippen molar-refractivity contribution >= 4 is 34.5 Å². The lowest BCUT2D eigenvalue weighted by Crippen LogP contribution is -2.44. The molecule has 2 aromatic rings. The number of carbonyl (C=O) groups excluding carboxylic acids is 1. The maximum Gasteiger partial charge on any atom is 0.336 e. The molecule has 0 bridgehead atoms. The van der Waals surface area contributed by atoms with Gasteiger partial charge < -0.3 is 24.8 Å². The first-order chi connectivity index (χ1) is 15.6. The van der Waals surface area contributed by atoms with E-state index in [2.05, 4.69) is 5.32 Å². The van der Waals surface area contributed by atoms with E-state index in [-0.39, 0.29) is 25.3 Å². The SMILES string of the molecule is CCN(CC(=O)O)C(CCCCNC(=O)Cc1cc(=O)oc2cc(N(C)C)ccc12)C(=O)O. The molecule has 0 radical (unpaired) electrons. The largest absolute Gasteiger partial charge is 0.480 e. The average Bonchev–Trinajstić information content (AvgIpc) is 2.73. The summed E-state index contributed by atoms with van der Waals surface area (Å²) in [6.07, 6.45) is 1.36. The molecule has 1 amide bonds. The van der Waals surface area contributed by atoms with E-state index in [9.17, 15) is 24.3 Å². The number of carbonyl (C=O) groups is 3. The zero-order chi connectivity index (χ0) is 24.5. The van der Waals surface area contributed by atoms with Crippen LogP contribution in [-0.2, 0) is 20.8 Å². The Morgan fingerprint density at radius 3 is 2.45 bits per heavy atom. The minimum absolute atomic E-state index is 0.0172. The van der Waals surface area contributed by atoms with Gasteiger partial charge in [0.2, 0.25) is 5.91 Å². The van der Waals surface area contributed by atoms with Gasteiger partial charge in [-0.25, -0.2) is 4.79 Å². The molecule has 33 heavy (non-hydrogen) atoms.